The summed E-state index contributed by atoms with van der Waals surface area (Å²) in [5.74, 6) is -1.43. The van der Waals surface area contributed by atoms with E-state index in [9.17, 15) is 14.7 Å². The summed E-state index contributed by atoms with van der Waals surface area (Å²) in [6.45, 7) is 0. The lowest BCUT2D eigenvalue weighted by atomic mass is 9.87. The van der Waals surface area contributed by atoms with Crippen LogP contribution in [0.15, 0.2) is 115 Å². The van der Waals surface area contributed by atoms with E-state index in [0.717, 1.165) is 33.0 Å². The first kappa shape index (κ1) is 20.4. The van der Waals surface area contributed by atoms with Crippen LogP contribution in [-0.4, -0.2) is 16.9 Å². The van der Waals surface area contributed by atoms with Gasteiger partial charge in [0, 0.05) is 11.1 Å². The molecule has 3 nitrogen and oxygen atoms in total. The van der Waals surface area contributed by atoms with Gasteiger partial charge < -0.3 is 5.11 Å². The molecule has 33 heavy (non-hydrogen) atoms. The van der Waals surface area contributed by atoms with E-state index in [2.05, 4.69) is 0 Å². The van der Waals surface area contributed by atoms with Crippen LogP contribution in [-0.2, 0) is 0 Å². The third-order valence-corrected chi connectivity index (χ3v) is 5.84. The molecule has 3 heteroatoms. The van der Waals surface area contributed by atoms with Crippen LogP contribution in [0.3, 0.4) is 0 Å². The molecule has 0 radical (unpaired) electrons. The minimum absolute atomic E-state index is 0.00116. The average molecular weight is 428 g/mol. The zero-order chi connectivity index (χ0) is 22.8. The maximum atomic E-state index is 13.4. The maximum Gasteiger partial charge on any atom is 0.336 e. The van der Waals surface area contributed by atoms with Crippen LogP contribution in [0.5, 0.6) is 0 Å². The van der Waals surface area contributed by atoms with Crippen LogP contribution in [0.25, 0.3) is 33.0 Å². The van der Waals surface area contributed by atoms with E-state index in [1.165, 1.54) is 0 Å². The summed E-state index contributed by atoms with van der Waals surface area (Å²) in [7, 11) is 0. The third-order valence-electron chi connectivity index (χ3n) is 5.84. The van der Waals surface area contributed by atoms with Gasteiger partial charge in [-0.3, -0.25) is 4.79 Å². The first-order valence-corrected chi connectivity index (χ1v) is 10.7. The lowest BCUT2D eigenvalue weighted by Crippen LogP contribution is -2.10. The molecule has 1 N–H and O–H groups in total. The zero-order valence-corrected chi connectivity index (χ0v) is 17.7. The minimum atomic E-state index is -1.12. The van der Waals surface area contributed by atoms with Crippen LogP contribution >= 0.6 is 0 Å². The van der Waals surface area contributed by atoms with Crippen molar-refractivity contribution < 1.29 is 14.7 Å². The van der Waals surface area contributed by atoms with Gasteiger partial charge in [0.2, 0.25) is 0 Å². The average Bonchev–Trinajstić information content (AvgIpc) is 2.88. The van der Waals surface area contributed by atoms with Crippen molar-refractivity contribution in [3.05, 3.63) is 132 Å². The molecular weight excluding hydrogens is 408 g/mol. The minimum Gasteiger partial charge on any atom is -0.478 e. The van der Waals surface area contributed by atoms with E-state index in [4.69, 9.17) is 0 Å². The molecule has 0 fully saturated rings. The van der Waals surface area contributed by atoms with Gasteiger partial charge in [-0.2, -0.15) is 0 Å². The van der Waals surface area contributed by atoms with E-state index in [0.29, 0.717) is 5.56 Å². The van der Waals surface area contributed by atoms with Crippen LogP contribution in [0.2, 0.25) is 0 Å². The Labute approximate surface area is 191 Å². The number of aromatic carboxylic acids is 1. The third kappa shape index (κ3) is 3.81. The summed E-state index contributed by atoms with van der Waals surface area (Å²) in [5.41, 5.74) is 4.50. The molecule has 0 saturated carbocycles. The van der Waals surface area contributed by atoms with Crippen LogP contribution in [0.4, 0.5) is 0 Å². The molecule has 0 heterocycles. The standard InChI is InChI=1S/C30H20O3/c31-29(22-14-8-3-9-15-22)27-18-25-23(20-10-4-1-5-11-20)16-17-24(21-12-6-2-7-13-21)26(25)19-28(27)30(32)33/h1-19H,(H,32,33). The van der Waals surface area contributed by atoms with Gasteiger partial charge in [-0.15, -0.1) is 0 Å². The summed E-state index contributed by atoms with van der Waals surface area (Å²) in [5, 5.41) is 11.7. The quantitative estimate of drug-likeness (QED) is 0.304. The van der Waals surface area contributed by atoms with E-state index in [-0.39, 0.29) is 16.9 Å². The highest BCUT2D eigenvalue weighted by Crippen LogP contribution is 2.37. The summed E-state index contributed by atoms with van der Waals surface area (Å²) in [4.78, 5) is 25.6. The van der Waals surface area contributed by atoms with Crippen LogP contribution < -0.4 is 0 Å². The highest BCUT2D eigenvalue weighted by Gasteiger charge is 2.21. The summed E-state index contributed by atoms with van der Waals surface area (Å²) in [6, 6.07) is 36.0. The second-order valence-corrected chi connectivity index (χ2v) is 7.84. The van der Waals surface area contributed by atoms with Crippen LogP contribution in [0.1, 0.15) is 26.3 Å². The lowest BCUT2D eigenvalue weighted by molar-refractivity contribution is 0.0693. The van der Waals surface area contributed by atoms with Gasteiger partial charge in [0.25, 0.3) is 0 Å². The summed E-state index contributed by atoms with van der Waals surface area (Å²) in [6.07, 6.45) is 0. The number of benzene rings is 5. The smallest absolute Gasteiger partial charge is 0.336 e. The highest BCUT2D eigenvalue weighted by atomic mass is 16.4. The van der Waals surface area contributed by atoms with Crippen molar-refractivity contribution >= 4 is 22.5 Å². The molecule has 0 amide bonds. The molecule has 158 valence electrons. The molecule has 0 atom stereocenters. The predicted octanol–water partition coefficient (Wildman–Crippen LogP) is 7.10. The summed E-state index contributed by atoms with van der Waals surface area (Å²) < 4.78 is 0. The molecule has 5 aromatic rings. The first-order chi connectivity index (χ1) is 16.1. The van der Waals surface area contributed by atoms with Gasteiger partial charge in [0.1, 0.15) is 0 Å². The first-order valence-electron chi connectivity index (χ1n) is 10.7. The zero-order valence-electron chi connectivity index (χ0n) is 17.7. The lowest BCUT2D eigenvalue weighted by Gasteiger charge is -2.15. The highest BCUT2D eigenvalue weighted by molar-refractivity contribution is 6.18. The van der Waals surface area contributed by atoms with Crippen LogP contribution in [0, 0.1) is 0 Å². The number of fused-ring (bicyclic) bond motifs is 1. The molecule has 0 aliphatic heterocycles. The van der Waals surface area contributed by atoms with Crippen molar-refractivity contribution in [1.82, 2.24) is 0 Å². The van der Waals surface area contributed by atoms with Crippen molar-refractivity contribution in [3.63, 3.8) is 0 Å². The molecule has 0 spiro atoms. The Morgan fingerprint density at radius 3 is 1.39 bits per heavy atom. The number of hydrogen-bond acceptors (Lipinski definition) is 2. The van der Waals surface area contributed by atoms with E-state index >= 15 is 0 Å². The van der Waals surface area contributed by atoms with Crippen molar-refractivity contribution in [3.8, 4) is 22.3 Å². The second-order valence-electron chi connectivity index (χ2n) is 7.84. The van der Waals surface area contributed by atoms with Gasteiger partial charge in [0.15, 0.2) is 5.78 Å². The normalized spacial score (nSPS) is 10.8. The van der Waals surface area contributed by atoms with Crippen molar-refractivity contribution in [2.45, 2.75) is 0 Å². The molecular formula is C30H20O3. The number of carbonyl (C=O) groups is 2. The molecule has 0 aliphatic rings. The molecule has 0 bridgehead atoms. The molecule has 5 aromatic carbocycles. The van der Waals surface area contributed by atoms with E-state index in [1.54, 1.807) is 36.4 Å². The van der Waals surface area contributed by atoms with E-state index < -0.39 is 5.97 Å². The number of hydrogen-bond donors (Lipinski definition) is 1. The number of carboxylic acid groups (broad SMARTS) is 1. The number of carboxylic acids is 1. The fraction of sp³-hybridized carbons (Fsp3) is 0. The van der Waals surface area contributed by atoms with Gasteiger partial charge in [-0.25, -0.2) is 4.79 Å². The van der Waals surface area contributed by atoms with Crippen molar-refractivity contribution in [2.75, 3.05) is 0 Å². The van der Waals surface area contributed by atoms with Crippen molar-refractivity contribution in [1.29, 1.82) is 0 Å². The van der Waals surface area contributed by atoms with E-state index in [1.807, 2.05) is 78.9 Å². The number of ketones is 1. The molecule has 0 unspecified atom stereocenters. The maximum absolute atomic E-state index is 13.4. The van der Waals surface area contributed by atoms with Gasteiger partial charge in [-0.05, 0) is 45.2 Å². The number of rotatable bonds is 5. The fourth-order valence-electron chi connectivity index (χ4n) is 4.24. The molecule has 0 aromatic heterocycles. The Morgan fingerprint density at radius 1 is 0.515 bits per heavy atom. The van der Waals surface area contributed by atoms with Gasteiger partial charge in [0.05, 0.1) is 5.56 Å². The Hall–Kier alpha value is -4.50. The Morgan fingerprint density at radius 2 is 0.939 bits per heavy atom. The number of carbonyl (C=O) groups excluding carboxylic acids is 1. The largest absolute Gasteiger partial charge is 0.478 e. The Kier molecular flexibility index (Phi) is 5.29. The molecule has 5 rings (SSSR count). The second kappa shape index (κ2) is 8.56. The van der Waals surface area contributed by atoms with Crippen molar-refractivity contribution in [2.24, 2.45) is 0 Å². The Bertz CT molecular complexity index is 1470. The van der Waals surface area contributed by atoms with Gasteiger partial charge in [-0.1, -0.05) is 103 Å². The monoisotopic (exact) mass is 428 g/mol. The topological polar surface area (TPSA) is 54.4 Å². The fourth-order valence-corrected chi connectivity index (χ4v) is 4.24. The predicted molar refractivity (Wildman–Crippen MR) is 132 cm³/mol. The molecule has 0 aliphatic carbocycles. The Balaban J connectivity index is 1.85. The van der Waals surface area contributed by atoms with Gasteiger partial charge >= 0.3 is 5.97 Å². The molecule has 0 saturated heterocycles. The summed E-state index contributed by atoms with van der Waals surface area (Å²) >= 11 is 0. The SMILES string of the molecule is O=C(O)c1cc2c(-c3ccccc3)ccc(-c3ccccc3)c2cc1C(=O)c1ccccc1.